The van der Waals surface area contributed by atoms with Crippen LogP contribution in [0.2, 0.25) is 0 Å². The summed E-state index contributed by atoms with van der Waals surface area (Å²) >= 11 is 5.06. The Hall–Kier alpha value is -1.70. The van der Waals surface area contributed by atoms with E-state index in [1.165, 1.54) is 36.8 Å². The molecule has 0 fully saturated rings. The number of thiophene rings is 3. The third kappa shape index (κ3) is 6.40. The Morgan fingerprint density at radius 3 is 1.93 bits per heavy atom. The fourth-order valence-electron chi connectivity index (χ4n) is 3.04. The summed E-state index contributed by atoms with van der Waals surface area (Å²) in [5, 5.41) is 12.4. The van der Waals surface area contributed by atoms with Crippen molar-refractivity contribution in [3.63, 3.8) is 0 Å². The highest BCUT2D eigenvalue weighted by molar-refractivity contribution is 7.08. The molecule has 0 bridgehead atoms. The molecule has 6 rings (SSSR count). The van der Waals surface area contributed by atoms with Crippen molar-refractivity contribution in [3.8, 4) is 23.0 Å². The van der Waals surface area contributed by atoms with Gasteiger partial charge < -0.3 is 18.9 Å². The van der Waals surface area contributed by atoms with E-state index in [1.807, 2.05) is 10.8 Å². The molecule has 3 aromatic rings. The van der Waals surface area contributed by atoms with Crippen LogP contribution in [-0.4, -0.2) is 20.0 Å². The van der Waals surface area contributed by atoms with Crippen LogP contribution >= 0.6 is 34.0 Å². The average molecular weight is 469 g/mol. The molecule has 0 spiro atoms. The first-order chi connectivity index (χ1) is 13.8. The van der Waals surface area contributed by atoms with E-state index in [1.54, 1.807) is 34.0 Å². The van der Waals surface area contributed by atoms with Gasteiger partial charge in [0.15, 0.2) is 11.5 Å². The first-order valence-electron chi connectivity index (χ1n) is 9.47. The normalized spacial score (nSPS) is 17.4. The zero-order valence-electron chi connectivity index (χ0n) is 15.8. The Morgan fingerprint density at radius 1 is 0.700 bits per heavy atom. The van der Waals surface area contributed by atoms with E-state index in [0.717, 1.165) is 36.2 Å². The highest BCUT2D eigenvalue weighted by Gasteiger charge is 2.14. The molecule has 6 heterocycles. The topological polar surface area (TPSA) is 36.9 Å². The van der Waals surface area contributed by atoms with Crippen LogP contribution in [0.3, 0.4) is 0 Å². The zero-order valence-corrected chi connectivity index (χ0v) is 18.3. The van der Waals surface area contributed by atoms with Crippen LogP contribution in [0.25, 0.3) is 0 Å². The Bertz CT molecular complexity index is 806. The number of hydrogen-bond donors (Lipinski definition) is 0. The van der Waals surface area contributed by atoms with E-state index in [2.05, 4.69) is 28.4 Å². The highest BCUT2D eigenvalue weighted by Crippen LogP contribution is 2.35. The van der Waals surface area contributed by atoms with Crippen LogP contribution in [0.1, 0.15) is 45.7 Å². The van der Waals surface area contributed by atoms with E-state index < -0.39 is 0 Å². The van der Waals surface area contributed by atoms with Crippen molar-refractivity contribution < 1.29 is 18.9 Å². The molecule has 0 aromatic carbocycles. The van der Waals surface area contributed by atoms with Crippen LogP contribution in [0.15, 0.2) is 32.3 Å². The summed E-state index contributed by atoms with van der Waals surface area (Å²) in [7, 11) is 0. The lowest BCUT2D eigenvalue weighted by Crippen LogP contribution is -2.05. The maximum Gasteiger partial charge on any atom is 0.231 e. The van der Waals surface area contributed by atoms with Gasteiger partial charge in [-0.1, -0.05) is 21.8 Å². The quantitative estimate of drug-likeness (QED) is 0.342. The van der Waals surface area contributed by atoms with Gasteiger partial charge in [-0.05, 0) is 42.4 Å². The molecule has 3 aromatic heterocycles. The molecule has 30 heavy (non-hydrogen) atoms. The molecule has 0 saturated carbocycles. The summed E-state index contributed by atoms with van der Waals surface area (Å²) in [6, 6.07) is 0. The summed E-state index contributed by atoms with van der Waals surface area (Å²) in [6.07, 6.45) is 4.85. The van der Waals surface area contributed by atoms with Crippen molar-refractivity contribution >= 4 is 34.0 Å². The summed E-state index contributed by atoms with van der Waals surface area (Å²) in [5.41, 5.74) is 2.80. The Labute approximate surface area is 192 Å². The third-order valence-electron chi connectivity index (χ3n) is 4.70. The molecular formula is C23H32O4S3. The number of aryl methyl sites for hydroxylation is 2. The second kappa shape index (κ2) is 12.2. The molecule has 3 aliphatic heterocycles. The van der Waals surface area contributed by atoms with Gasteiger partial charge in [0, 0.05) is 32.6 Å². The van der Waals surface area contributed by atoms with Crippen molar-refractivity contribution in [1.82, 2.24) is 0 Å². The summed E-state index contributed by atoms with van der Waals surface area (Å²) < 4.78 is 21.0. The molecule has 0 amide bonds. The summed E-state index contributed by atoms with van der Waals surface area (Å²) in [5.74, 6) is 4.73. The van der Waals surface area contributed by atoms with Crippen molar-refractivity contribution in [1.29, 1.82) is 0 Å². The lowest BCUT2D eigenvalue weighted by Gasteiger charge is -2.11. The molecule has 166 valence electrons. The second-order valence-corrected chi connectivity index (χ2v) is 9.17. The highest BCUT2D eigenvalue weighted by atomic mass is 32.1. The van der Waals surface area contributed by atoms with Gasteiger partial charge in [0.1, 0.15) is 11.5 Å². The fourth-order valence-corrected chi connectivity index (χ4v) is 5.35. The lowest BCUT2D eigenvalue weighted by molar-refractivity contribution is 0.174. The SMILES string of the molecule is C.C.CC1CCc2cscc2OC1.c1scc2c1CCCO2.c1scc2c1OCO2. The first-order valence-corrected chi connectivity index (χ1v) is 12.3. The van der Waals surface area contributed by atoms with Gasteiger partial charge in [-0.15, -0.1) is 34.0 Å². The molecule has 7 heteroatoms. The third-order valence-corrected chi connectivity index (χ3v) is 6.95. The smallest absolute Gasteiger partial charge is 0.231 e. The zero-order chi connectivity index (χ0) is 19.2. The van der Waals surface area contributed by atoms with Gasteiger partial charge in [-0.2, -0.15) is 0 Å². The van der Waals surface area contributed by atoms with Crippen LogP contribution < -0.4 is 18.9 Å². The van der Waals surface area contributed by atoms with E-state index >= 15 is 0 Å². The molecule has 3 aliphatic rings. The van der Waals surface area contributed by atoms with Gasteiger partial charge in [0.2, 0.25) is 6.79 Å². The van der Waals surface area contributed by atoms with Crippen LogP contribution in [0, 0.1) is 5.92 Å². The maximum atomic E-state index is 5.61. The summed E-state index contributed by atoms with van der Waals surface area (Å²) in [4.78, 5) is 0. The van der Waals surface area contributed by atoms with Crippen molar-refractivity contribution in [3.05, 3.63) is 43.4 Å². The minimum atomic E-state index is 0. The number of fused-ring (bicyclic) bond motifs is 3. The molecule has 1 atom stereocenters. The Morgan fingerprint density at radius 2 is 1.27 bits per heavy atom. The van der Waals surface area contributed by atoms with Crippen molar-refractivity contribution in [2.45, 2.75) is 47.5 Å². The molecule has 0 N–H and O–H groups in total. The Balaban J connectivity index is 0.000000157. The second-order valence-electron chi connectivity index (χ2n) is 6.94. The van der Waals surface area contributed by atoms with Crippen LogP contribution in [0.4, 0.5) is 0 Å². The number of rotatable bonds is 0. The van der Waals surface area contributed by atoms with E-state index in [0.29, 0.717) is 12.7 Å². The average Bonchev–Trinajstić information content (AvgIpc) is 3.49. The molecule has 4 nitrogen and oxygen atoms in total. The summed E-state index contributed by atoms with van der Waals surface area (Å²) in [6.45, 7) is 4.43. The van der Waals surface area contributed by atoms with E-state index in [9.17, 15) is 0 Å². The first kappa shape index (κ1) is 24.6. The molecule has 0 radical (unpaired) electrons. The molecule has 1 unspecified atom stereocenters. The number of ether oxygens (including phenoxy) is 4. The predicted octanol–water partition coefficient (Wildman–Crippen LogP) is 7.53. The Kier molecular flexibility index (Phi) is 10.0. The van der Waals surface area contributed by atoms with Crippen molar-refractivity contribution in [2.75, 3.05) is 20.0 Å². The van der Waals surface area contributed by atoms with Gasteiger partial charge in [0.25, 0.3) is 0 Å². The standard InChI is InChI=1S/C9H12OS.C7H8OS.C5H4O2S.2CH4/c1-7-2-3-8-5-11-6-9(8)10-4-7;1-2-6-4-9-5-7(6)8-3-1;1-4-5(2-8-1)7-3-6-4;;/h5-7H,2-4H2,1H3;4-5H,1-3H2;1-2H,3H2;2*1H4. The molecule has 0 aliphatic carbocycles. The van der Waals surface area contributed by atoms with Gasteiger partial charge in [0.05, 0.1) is 13.2 Å². The van der Waals surface area contributed by atoms with Gasteiger partial charge in [-0.25, -0.2) is 0 Å². The van der Waals surface area contributed by atoms with E-state index in [4.69, 9.17) is 18.9 Å². The van der Waals surface area contributed by atoms with Gasteiger partial charge >= 0.3 is 0 Å². The van der Waals surface area contributed by atoms with Crippen molar-refractivity contribution in [2.24, 2.45) is 5.92 Å². The fraction of sp³-hybridized carbons (Fsp3) is 0.478. The maximum absolute atomic E-state index is 5.61. The monoisotopic (exact) mass is 468 g/mol. The molecule has 0 saturated heterocycles. The van der Waals surface area contributed by atoms with E-state index in [-0.39, 0.29) is 14.9 Å². The van der Waals surface area contributed by atoms with Gasteiger partial charge in [-0.3, -0.25) is 0 Å². The lowest BCUT2D eigenvalue weighted by atomic mass is 10.1. The largest absolute Gasteiger partial charge is 0.492 e. The van der Waals surface area contributed by atoms with Crippen LogP contribution in [0.5, 0.6) is 23.0 Å². The van der Waals surface area contributed by atoms with Crippen LogP contribution in [-0.2, 0) is 12.8 Å². The molecular weight excluding hydrogens is 436 g/mol. The minimum absolute atomic E-state index is 0. The minimum Gasteiger partial charge on any atom is -0.492 e. The predicted molar refractivity (Wildman–Crippen MR) is 129 cm³/mol. The number of hydrogen-bond acceptors (Lipinski definition) is 7.